The van der Waals surface area contributed by atoms with Crippen molar-refractivity contribution in [1.82, 2.24) is 19.7 Å². The average molecular weight is 514 g/mol. The lowest BCUT2D eigenvalue weighted by atomic mass is 9.61. The molecule has 1 amide bonds. The number of alkyl halides is 2. The summed E-state index contributed by atoms with van der Waals surface area (Å²) in [6, 6.07) is 11.3. The Morgan fingerprint density at radius 1 is 1.03 bits per heavy atom. The molecule has 1 unspecified atom stereocenters. The van der Waals surface area contributed by atoms with Gasteiger partial charge in [-0.2, -0.15) is 0 Å². The van der Waals surface area contributed by atoms with Crippen LogP contribution >= 0.6 is 0 Å². The minimum Gasteiger partial charge on any atom is -0.369 e. The Hall–Kier alpha value is -2.35. The second kappa shape index (κ2) is 10.1. The quantitative estimate of drug-likeness (QED) is 0.489. The summed E-state index contributed by atoms with van der Waals surface area (Å²) in [5.41, 5.74) is 6.13. The van der Waals surface area contributed by atoms with Gasteiger partial charge in [-0.15, -0.1) is 10.2 Å². The van der Waals surface area contributed by atoms with E-state index in [2.05, 4.69) is 40.4 Å². The molecule has 3 heterocycles. The Bertz CT molecular complexity index is 1080. The Balaban J connectivity index is 1.35. The van der Waals surface area contributed by atoms with E-state index in [0.29, 0.717) is 24.0 Å². The largest absolute Gasteiger partial charge is 0.369 e. The zero-order chi connectivity index (χ0) is 26.4. The molecule has 1 aromatic heterocycles. The van der Waals surface area contributed by atoms with E-state index in [1.807, 2.05) is 30.3 Å². The monoisotopic (exact) mass is 513 g/mol. The van der Waals surface area contributed by atoms with Crippen molar-refractivity contribution in [2.75, 3.05) is 6.54 Å². The number of fused-ring (bicyclic) bond motifs is 2. The third-order valence-corrected chi connectivity index (χ3v) is 9.54. The summed E-state index contributed by atoms with van der Waals surface area (Å²) in [5, 5.41) is 8.85. The zero-order valence-electron chi connectivity index (χ0n) is 22.4. The number of hydrogen-bond donors (Lipinski definition) is 1. The van der Waals surface area contributed by atoms with Crippen LogP contribution in [0.1, 0.15) is 107 Å². The highest BCUT2D eigenvalue weighted by Crippen LogP contribution is 2.53. The van der Waals surface area contributed by atoms with Crippen molar-refractivity contribution < 1.29 is 13.6 Å². The van der Waals surface area contributed by atoms with Gasteiger partial charge in [0.1, 0.15) is 11.6 Å². The molecule has 3 aliphatic rings. The molecule has 202 valence electrons. The van der Waals surface area contributed by atoms with E-state index < -0.39 is 17.2 Å². The molecular formula is C29H41F2N5O. The molecule has 2 aromatic rings. The van der Waals surface area contributed by atoms with Crippen LogP contribution in [-0.4, -0.2) is 50.1 Å². The summed E-state index contributed by atoms with van der Waals surface area (Å²) in [5.74, 6) is -0.914. The summed E-state index contributed by atoms with van der Waals surface area (Å²) in [7, 11) is 0. The van der Waals surface area contributed by atoms with Crippen molar-refractivity contribution in [3.63, 3.8) is 0 Å². The van der Waals surface area contributed by atoms with E-state index in [4.69, 9.17) is 5.73 Å². The van der Waals surface area contributed by atoms with Gasteiger partial charge in [0, 0.05) is 36.9 Å². The van der Waals surface area contributed by atoms with E-state index in [0.717, 1.165) is 43.0 Å². The molecule has 2 aliphatic heterocycles. The second-order valence-electron chi connectivity index (χ2n) is 12.0. The van der Waals surface area contributed by atoms with Crippen molar-refractivity contribution in [1.29, 1.82) is 0 Å². The fourth-order valence-electron chi connectivity index (χ4n) is 7.61. The summed E-state index contributed by atoms with van der Waals surface area (Å²) in [4.78, 5) is 15.6. The van der Waals surface area contributed by atoms with E-state index in [9.17, 15) is 13.6 Å². The predicted octanol–water partition coefficient (Wildman–Crippen LogP) is 5.73. The standard InChI is InChI=1S/C29H41F2N5O/c1-19(2)26-34-33-20(3)36(26)24-17-22-9-10-23(18-24)35(22)16-11-25(21-7-5-4-6-8-21)28(27(32)37)12-14-29(30,31)15-13-28/h4-8,19,22-25H,9-18H2,1-3H3,(H2,32,37)/t22-,23+,24?,25-/m0/s1. The lowest BCUT2D eigenvalue weighted by Crippen LogP contribution is -2.49. The Labute approximate surface area is 219 Å². The third-order valence-electron chi connectivity index (χ3n) is 9.54. The number of aryl methyl sites for hydroxylation is 1. The van der Waals surface area contributed by atoms with Gasteiger partial charge in [0.25, 0.3) is 0 Å². The van der Waals surface area contributed by atoms with Gasteiger partial charge in [-0.25, -0.2) is 8.78 Å². The number of piperidine rings is 1. The Morgan fingerprint density at radius 2 is 1.65 bits per heavy atom. The fraction of sp³-hybridized carbons (Fsp3) is 0.690. The summed E-state index contributed by atoms with van der Waals surface area (Å²) in [6.07, 6.45) is 4.98. The van der Waals surface area contributed by atoms with Crippen LogP contribution in [-0.2, 0) is 4.79 Å². The van der Waals surface area contributed by atoms with Gasteiger partial charge in [0.2, 0.25) is 11.8 Å². The van der Waals surface area contributed by atoms with Crippen LogP contribution in [0.5, 0.6) is 0 Å². The number of carbonyl (C=O) groups is 1. The number of benzene rings is 1. The maximum absolute atomic E-state index is 14.2. The first-order chi connectivity index (χ1) is 17.6. The Morgan fingerprint density at radius 3 is 2.22 bits per heavy atom. The molecule has 0 spiro atoms. The molecule has 3 fully saturated rings. The molecule has 2 bridgehead atoms. The second-order valence-corrected chi connectivity index (χ2v) is 12.0. The van der Waals surface area contributed by atoms with Gasteiger partial charge < -0.3 is 10.3 Å². The predicted molar refractivity (Wildman–Crippen MR) is 139 cm³/mol. The van der Waals surface area contributed by atoms with E-state index in [-0.39, 0.29) is 31.6 Å². The molecular weight excluding hydrogens is 472 g/mol. The van der Waals surface area contributed by atoms with Crippen LogP contribution in [0.4, 0.5) is 8.78 Å². The summed E-state index contributed by atoms with van der Waals surface area (Å²) in [6.45, 7) is 7.24. The number of primary amides is 1. The minimum atomic E-state index is -2.71. The fourth-order valence-corrected chi connectivity index (χ4v) is 7.61. The molecule has 4 atom stereocenters. The van der Waals surface area contributed by atoms with E-state index >= 15 is 0 Å². The topological polar surface area (TPSA) is 77.0 Å². The van der Waals surface area contributed by atoms with Crippen LogP contribution in [0.2, 0.25) is 0 Å². The molecule has 1 saturated carbocycles. The van der Waals surface area contributed by atoms with Crippen molar-refractivity contribution in [2.45, 2.75) is 114 Å². The number of nitrogens with two attached hydrogens (primary N) is 1. The number of aromatic nitrogens is 3. The first-order valence-corrected chi connectivity index (χ1v) is 14.0. The highest BCUT2D eigenvalue weighted by molar-refractivity contribution is 5.82. The van der Waals surface area contributed by atoms with Gasteiger partial charge in [0.05, 0.1) is 5.41 Å². The van der Waals surface area contributed by atoms with Crippen LogP contribution in [0, 0.1) is 12.3 Å². The van der Waals surface area contributed by atoms with Gasteiger partial charge in [-0.3, -0.25) is 9.69 Å². The van der Waals surface area contributed by atoms with Crippen LogP contribution in [0.25, 0.3) is 0 Å². The smallest absolute Gasteiger partial charge is 0.248 e. The third kappa shape index (κ3) is 4.93. The molecule has 5 rings (SSSR count). The SMILES string of the molecule is Cc1nnc(C(C)C)n1C1C[C@H]2CC[C@@H](C1)N2CC[C@@H](c1ccccc1)C1(C(N)=O)CCC(F)(F)CC1. The minimum absolute atomic E-state index is 0.148. The molecule has 1 aromatic carbocycles. The molecule has 8 heteroatoms. The van der Waals surface area contributed by atoms with Gasteiger partial charge >= 0.3 is 0 Å². The number of hydrogen-bond acceptors (Lipinski definition) is 4. The van der Waals surface area contributed by atoms with Crippen molar-refractivity contribution >= 4 is 5.91 Å². The average Bonchev–Trinajstić information content (AvgIpc) is 3.36. The van der Waals surface area contributed by atoms with Crippen molar-refractivity contribution in [2.24, 2.45) is 11.1 Å². The summed E-state index contributed by atoms with van der Waals surface area (Å²) >= 11 is 0. The summed E-state index contributed by atoms with van der Waals surface area (Å²) < 4.78 is 30.7. The van der Waals surface area contributed by atoms with Gasteiger partial charge in [0.15, 0.2) is 0 Å². The molecule has 0 radical (unpaired) electrons. The maximum Gasteiger partial charge on any atom is 0.248 e. The van der Waals surface area contributed by atoms with Gasteiger partial charge in [-0.1, -0.05) is 44.2 Å². The molecule has 2 N–H and O–H groups in total. The number of nitrogens with zero attached hydrogens (tertiary/aromatic N) is 4. The van der Waals surface area contributed by atoms with E-state index in [1.165, 1.54) is 12.8 Å². The first-order valence-electron chi connectivity index (χ1n) is 14.0. The zero-order valence-corrected chi connectivity index (χ0v) is 22.4. The molecule has 1 aliphatic carbocycles. The molecule has 37 heavy (non-hydrogen) atoms. The van der Waals surface area contributed by atoms with Crippen molar-refractivity contribution in [3.05, 3.63) is 47.5 Å². The van der Waals surface area contributed by atoms with Crippen LogP contribution < -0.4 is 5.73 Å². The molecule has 6 nitrogen and oxygen atoms in total. The normalized spacial score (nSPS) is 27.9. The van der Waals surface area contributed by atoms with Crippen LogP contribution in [0.3, 0.4) is 0 Å². The highest BCUT2D eigenvalue weighted by atomic mass is 19.3. The lowest BCUT2D eigenvalue weighted by molar-refractivity contribution is -0.138. The number of rotatable bonds is 8. The first kappa shape index (κ1) is 26.3. The number of halogens is 2. The number of carbonyl (C=O) groups excluding carboxylic acids is 1. The number of amides is 1. The highest BCUT2D eigenvalue weighted by Gasteiger charge is 2.52. The van der Waals surface area contributed by atoms with Gasteiger partial charge in [-0.05, 0) is 69.9 Å². The maximum atomic E-state index is 14.2. The van der Waals surface area contributed by atoms with E-state index in [1.54, 1.807) is 0 Å². The van der Waals surface area contributed by atoms with Crippen LogP contribution in [0.15, 0.2) is 30.3 Å². The molecule has 2 saturated heterocycles. The Kier molecular flexibility index (Phi) is 7.16. The van der Waals surface area contributed by atoms with Crippen molar-refractivity contribution in [3.8, 4) is 0 Å². The lowest BCUT2D eigenvalue weighted by Gasteiger charge is -2.45.